The lowest BCUT2D eigenvalue weighted by atomic mass is 10.0. The van der Waals surface area contributed by atoms with E-state index in [9.17, 15) is 19.8 Å². The zero-order chi connectivity index (χ0) is 48.6. The highest BCUT2D eigenvalue weighted by atomic mass is 16.5. The number of unbranched alkanes of at least 4 members (excludes halogenated alkanes) is 41. The fourth-order valence-corrected chi connectivity index (χ4v) is 9.34. The molecule has 0 fully saturated rings. The van der Waals surface area contributed by atoms with Crippen molar-refractivity contribution in [2.45, 2.75) is 341 Å². The molecule has 3 N–H and O–H groups in total. The zero-order valence-electron chi connectivity index (χ0n) is 45.1. The number of carbonyl (C=O) groups excluding carboxylic acids is 2. The van der Waals surface area contributed by atoms with Gasteiger partial charge in [0, 0.05) is 12.8 Å². The van der Waals surface area contributed by atoms with Crippen molar-refractivity contribution in [2.75, 3.05) is 13.2 Å². The van der Waals surface area contributed by atoms with E-state index >= 15 is 0 Å². The standard InChI is InChI=1S/C61H117NO5/c1-3-5-7-9-11-13-15-17-19-20-21-22-23-24-26-29-33-37-41-45-49-53-59(64)58(57-63)62-60(65)54-50-46-42-38-34-30-27-25-28-32-36-40-44-48-52-56-67-61(66)55-51-47-43-39-35-31-18-16-14-12-10-8-6-4-2/h16,18,28,32,58-59,63-64H,3-15,17,19-27,29-31,33-57H2,1-2H3,(H,62,65)/b18-16-,32-28-. The third-order valence-electron chi connectivity index (χ3n) is 14.0. The molecule has 0 bridgehead atoms. The second-order valence-corrected chi connectivity index (χ2v) is 20.7. The van der Waals surface area contributed by atoms with Crippen LogP contribution in [0.3, 0.4) is 0 Å². The van der Waals surface area contributed by atoms with E-state index in [1.54, 1.807) is 0 Å². The summed E-state index contributed by atoms with van der Waals surface area (Å²) in [4.78, 5) is 24.5. The molecule has 2 atom stereocenters. The normalized spacial score (nSPS) is 12.7. The van der Waals surface area contributed by atoms with Gasteiger partial charge in [0.1, 0.15) is 0 Å². The molecule has 0 aliphatic carbocycles. The molecule has 396 valence electrons. The lowest BCUT2D eigenvalue weighted by Gasteiger charge is -2.22. The Morgan fingerprint density at radius 2 is 0.701 bits per heavy atom. The molecule has 2 unspecified atom stereocenters. The van der Waals surface area contributed by atoms with Crippen molar-refractivity contribution in [1.82, 2.24) is 5.32 Å². The highest BCUT2D eigenvalue weighted by Crippen LogP contribution is 2.17. The minimum Gasteiger partial charge on any atom is -0.466 e. The van der Waals surface area contributed by atoms with Gasteiger partial charge in [-0.05, 0) is 77.0 Å². The van der Waals surface area contributed by atoms with Crippen LogP contribution in [0, 0.1) is 0 Å². The van der Waals surface area contributed by atoms with Crippen molar-refractivity contribution < 1.29 is 24.5 Å². The summed E-state index contributed by atoms with van der Waals surface area (Å²) in [6, 6.07) is -0.554. The molecule has 0 rings (SSSR count). The van der Waals surface area contributed by atoms with Crippen LogP contribution in [0.4, 0.5) is 0 Å². The van der Waals surface area contributed by atoms with Crippen LogP contribution in [0.1, 0.15) is 328 Å². The molecule has 67 heavy (non-hydrogen) atoms. The Morgan fingerprint density at radius 3 is 1.06 bits per heavy atom. The van der Waals surface area contributed by atoms with Crippen molar-refractivity contribution in [2.24, 2.45) is 0 Å². The molecule has 6 nitrogen and oxygen atoms in total. The van der Waals surface area contributed by atoms with E-state index in [1.807, 2.05) is 0 Å². The number of ether oxygens (including phenoxy) is 1. The van der Waals surface area contributed by atoms with Gasteiger partial charge < -0.3 is 20.3 Å². The second kappa shape index (κ2) is 56.9. The van der Waals surface area contributed by atoms with Crippen LogP contribution < -0.4 is 5.32 Å². The maximum absolute atomic E-state index is 12.5. The van der Waals surface area contributed by atoms with Crippen LogP contribution in [0.5, 0.6) is 0 Å². The monoisotopic (exact) mass is 944 g/mol. The molecule has 1 amide bonds. The number of aliphatic hydroxyl groups is 2. The lowest BCUT2D eigenvalue weighted by molar-refractivity contribution is -0.143. The molecule has 0 spiro atoms. The maximum atomic E-state index is 12.5. The minimum atomic E-state index is -0.675. The number of rotatable bonds is 56. The Balaban J connectivity index is 3.47. The van der Waals surface area contributed by atoms with E-state index in [2.05, 4.69) is 43.5 Å². The van der Waals surface area contributed by atoms with Gasteiger partial charge in [-0.25, -0.2) is 0 Å². The fraction of sp³-hybridized carbons (Fsp3) is 0.902. The molecule has 0 aliphatic heterocycles. The summed E-state index contributed by atoms with van der Waals surface area (Å²) in [5, 5.41) is 23.3. The predicted octanol–water partition coefficient (Wildman–Crippen LogP) is 18.6. The molecule has 0 heterocycles. The van der Waals surface area contributed by atoms with Gasteiger partial charge in [0.15, 0.2) is 0 Å². The van der Waals surface area contributed by atoms with Crippen molar-refractivity contribution in [3.05, 3.63) is 24.3 Å². The van der Waals surface area contributed by atoms with Gasteiger partial charge in [0.2, 0.25) is 5.91 Å². The van der Waals surface area contributed by atoms with Crippen molar-refractivity contribution in [3.8, 4) is 0 Å². The summed E-state index contributed by atoms with van der Waals surface area (Å²) in [5.74, 6) is -0.0655. The average Bonchev–Trinajstić information content (AvgIpc) is 3.33. The molecule has 0 aliphatic rings. The van der Waals surface area contributed by atoms with Crippen molar-refractivity contribution >= 4 is 11.9 Å². The van der Waals surface area contributed by atoms with E-state index < -0.39 is 12.1 Å². The van der Waals surface area contributed by atoms with Gasteiger partial charge in [0.05, 0.1) is 25.4 Å². The van der Waals surface area contributed by atoms with Crippen LogP contribution in [0.15, 0.2) is 24.3 Å². The van der Waals surface area contributed by atoms with Crippen molar-refractivity contribution in [3.63, 3.8) is 0 Å². The third kappa shape index (κ3) is 53.5. The van der Waals surface area contributed by atoms with Crippen LogP contribution in [0.25, 0.3) is 0 Å². The van der Waals surface area contributed by atoms with E-state index in [0.29, 0.717) is 25.9 Å². The van der Waals surface area contributed by atoms with Gasteiger partial charge in [-0.15, -0.1) is 0 Å². The zero-order valence-corrected chi connectivity index (χ0v) is 45.1. The average molecular weight is 945 g/mol. The topological polar surface area (TPSA) is 95.9 Å². The van der Waals surface area contributed by atoms with Gasteiger partial charge in [0.25, 0.3) is 0 Å². The quantitative estimate of drug-likeness (QED) is 0.0321. The number of carbonyl (C=O) groups is 2. The number of hydrogen-bond donors (Lipinski definition) is 3. The first-order valence-electron chi connectivity index (χ1n) is 30.1. The molecule has 0 aromatic heterocycles. The Hall–Kier alpha value is -1.66. The van der Waals surface area contributed by atoms with Gasteiger partial charge in [-0.2, -0.15) is 0 Å². The Bertz CT molecular complexity index is 1040. The van der Waals surface area contributed by atoms with Gasteiger partial charge in [-0.1, -0.05) is 263 Å². The van der Waals surface area contributed by atoms with E-state index in [0.717, 1.165) is 70.6 Å². The number of aliphatic hydroxyl groups excluding tert-OH is 2. The highest BCUT2D eigenvalue weighted by Gasteiger charge is 2.20. The number of allylic oxidation sites excluding steroid dienone is 4. The molecule has 0 aromatic rings. The van der Waals surface area contributed by atoms with Crippen molar-refractivity contribution in [1.29, 1.82) is 0 Å². The first-order valence-corrected chi connectivity index (χ1v) is 30.1. The first kappa shape index (κ1) is 65.3. The summed E-state index contributed by atoms with van der Waals surface area (Å²) in [6.07, 6.45) is 68.9. The van der Waals surface area contributed by atoms with Gasteiger partial charge in [-0.3, -0.25) is 9.59 Å². The SMILES string of the molecule is CCCCCCC/C=C\CCCCCCCC(=O)OCCCCCC/C=C\CCCCCCCCCC(=O)NC(CO)C(O)CCCCCCCCCCCCCCCCCCCCCCC. The molecule has 0 radical (unpaired) electrons. The fourth-order valence-electron chi connectivity index (χ4n) is 9.34. The van der Waals surface area contributed by atoms with E-state index in [4.69, 9.17) is 4.74 Å². The Morgan fingerprint density at radius 1 is 0.403 bits per heavy atom. The van der Waals surface area contributed by atoms with E-state index in [-0.39, 0.29) is 18.5 Å². The van der Waals surface area contributed by atoms with E-state index in [1.165, 1.54) is 225 Å². The number of hydrogen-bond acceptors (Lipinski definition) is 5. The summed E-state index contributed by atoms with van der Waals surface area (Å²) in [5.41, 5.74) is 0. The number of nitrogens with one attached hydrogen (secondary N) is 1. The smallest absolute Gasteiger partial charge is 0.305 e. The molecular weight excluding hydrogens is 827 g/mol. The van der Waals surface area contributed by atoms with Crippen LogP contribution in [-0.4, -0.2) is 47.4 Å². The second-order valence-electron chi connectivity index (χ2n) is 20.7. The minimum absolute atomic E-state index is 0.0180. The first-order chi connectivity index (χ1) is 33.0. The Kier molecular flexibility index (Phi) is 55.5. The highest BCUT2D eigenvalue weighted by molar-refractivity contribution is 5.76. The molecule has 6 heteroatoms. The molecule has 0 saturated heterocycles. The molecule has 0 saturated carbocycles. The summed E-state index contributed by atoms with van der Waals surface area (Å²) in [7, 11) is 0. The predicted molar refractivity (Wildman–Crippen MR) is 292 cm³/mol. The molecular formula is C61H117NO5. The summed E-state index contributed by atoms with van der Waals surface area (Å²) in [6.45, 7) is 4.92. The number of esters is 1. The largest absolute Gasteiger partial charge is 0.466 e. The molecule has 0 aromatic carbocycles. The van der Waals surface area contributed by atoms with Gasteiger partial charge >= 0.3 is 5.97 Å². The number of amides is 1. The maximum Gasteiger partial charge on any atom is 0.305 e. The summed E-state index contributed by atoms with van der Waals surface area (Å²) >= 11 is 0. The van der Waals surface area contributed by atoms with Crippen LogP contribution in [-0.2, 0) is 14.3 Å². The lowest BCUT2D eigenvalue weighted by Crippen LogP contribution is -2.45. The summed E-state index contributed by atoms with van der Waals surface area (Å²) < 4.78 is 5.46. The van der Waals surface area contributed by atoms with Crippen LogP contribution in [0.2, 0.25) is 0 Å². The third-order valence-corrected chi connectivity index (χ3v) is 14.0. The Labute approximate surface area is 418 Å². The van der Waals surface area contributed by atoms with Crippen LogP contribution >= 0.6 is 0 Å².